The van der Waals surface area contributed by atoms with Gasteiger partial charge < -0.3 is 16.6 Å². The number of aliphatic hydroxyl groups excluding tert-OH is 1. The molecule has 0 aromatic rings. The molecule has 0 spiro atoms. The van der Waals surface area contributed by atoms with Crippen molar-refractivity contribution in [1.29, 1.82) is 0 Å². The normalized spacial score (nSPS) is 16.8. The van der Waals surface area contributed by atoms with E-state index < -0.39 is 18.1 Å². The summed E-state index contributed by atoms with van der Waals surface area (Å²) in [6, 6.07) is 0. The molecule has 0 fully saturated rings. The Bertz CT molecular complexity index is 110. The average molecular weight is 132 g/mol. The molecule has 1 atom stereocenters. The van der Waals surface area contributed by atoms with E-state index in [1.807, 2.05) is 0 Å². The highest BCUT2D eigenvalue weighted by atomic mass is 16.3. The van der Waals surface area contributed by atoms with Crippen LogP contribution >= 0.6 is 0 Å². The van der Waals surface area contributed by atoms with E-state index in [9.17, 15) is 4.79 Å². The minimum atomic E-state index is -1.22. The van der Waals surface area contributed by atoms with E-state index >= 15 is 0 Å². The Hall–Kier alpha value is -0.610. The molecule has 0 aliphatic heterocycles. The van der Waals surface area contributed by atoms with Crippen molar-refractivity contribution in [2.24, 2.45) is 11.5 Å². The molecule has 1 unspecified atom stereocenters. The second-order valence-electron chi connectivity index (χ2n) is 2.03. The van der Waals surface area contributed by atoms with Crippen molar-refractivity contribution < 1.29 is 9.90 Å². The van der Waals surface area contributed by atoms with Crippen LogP contribution in [-0.2, 0) is 4.79 Å². The molecule has 0 bridgehead atoms. The Morgan fingerprint density at radius 3 is 2.22 bits per heavy atom. The fourth-order valence-electron chi connectivity index (χ4n) is 0.364. The SMILES string of the molecule is CCC(N)(CO)C(N)=O. The van der Waals surface area contributed by atoms with E-state index in [1.54, 1.807) is 6.92 Å². The predicted molar refractivity (Wildman–Crippen MR) is 33.5 cm³/mol. The highest BCUT2D eigenvalue weighted by Crippen LogP contribution is 2.02. The maximum Gasteiger partial charge on any atom is 0.239 e. The fourth-order valence-corrected chi connectivity index (χ4v) is 0.364. The maximum atomic E-state index is 10.4. The summed E-state index contributed by atoms with van der Waals surface area (Å²) in [5.74, 6) is -0.660. The highest BCUT2D eigenvalue weighted by molar-refractivity contribution is 5.84. The molecule has 0 radical (unpaired) electrons. The first-order valence-electron chi connectivity index (χ1n) is 2.76. The van der Waals surface area contributed by atoms with E-state index in [4.69, 9.17) is 16.6 Å². The van der Waals surface area contributed by atoms with Gasteiger partial charge in [0.05, 0.1) is 6.61 Å². The minimum Gasteiger partial charge on any atom is -0.394 e. The lowest BCUT2D eigenvalue weighted by molar-refractivity contribution is -0.124. The first-order chi connectivity index (χ1) is 4.06. The van der Waals surface area contributed by atoms with Gasteiger partial charge in [-0.1, -0.05) is 6.92 Å². The van der Waals surface area contributed by atoms with E-state index in [1.165, 1.54) is 0 Å². The molecule has 0 aromatic heterocycles. The number of carbonyl (C=O) groups is 1. The highest BCUT2D eigenvalue weighted by Gasteiger charge is 2.28. The van der Waals surface area contributed by atoms with Crippen molar-refractivity contribution in [2.45, 2.75) is 18.9 Å². The Kier molecular flexibility index (Phi) is 2.61. The fraction of sp³-hybridized carbons (Fsp3) is 0.800. The molecule has 1 amide bonds. The van der Waals surface area contributed by atoms with Gasteiger partial charge in [0, 0.05) is 0 Å². The summed E-state index contributed by atoms with van der Waals surface area (Å²) in [7, 11) is 0. The Morgan fingerprint density at radius 1 is 1.78 bits per heavy atom. The lowest BCUT2D eigenvalue weighted by Crippen LogP contribution is -2.54. The van der Waals surface area contributed by atoms with Gasteiger partial charge in [-0.3, -0.25) is 4.79 Å². The zero-order chi connectivity index (χ0) is 7.49. The van der Waals surface area contributed by atoms with Crippen LogP contribution < -0.4 is 11.5 Å². The third-order valence-electron chi connectivity index (χ3n) is 1.40. The molecule has 5 N–H and O–H groups in total. The van der Waals surface area contributed by atoms with Crippen molar-refractivity contribution in [1.82, 2.24) is 0 Å². The van der Waals surface area contributed by atoms with Crippen LogP contribution in [0.4, 0.5) is 0 Å². The molecule has 0 aromatic carbocycles. The van der Waals surface area contributed by atoms with Crippen LogP contribution in [0.25, 0.3) is 0 Å². The summed E-state index contributed by atoms with van der Waals surface area (Å²) in [4.78, 5) is 10.4. The van der Waals surface area contributed by atoms with Gasteiger partial charge in [-0.2, -0.15) is 0 Å². The summed E-state index contributed by atoms with van der Waals surface area (Å²) in [6.07, 6.45) is 0.360. The van der Waals surface area contributed by atoms with Crippen LogP contribution in [0.2, 0.25) is 0 Å². The molecular formula is C5H12N2O2. The smallest absolute Gasteiger partial charge is 0.239 e. The van der Waals surface area contributed by atoms with Gasteiger partial charge in [0.25, 0.3) is 0 Å². The molecule has 4 nitrogen and oxygen atoms in total. The van der Waals surface area contributed by atoms with Gasteiger partial charge in [0.1, 0.15) is 5.54 Å². The zero-order valence-electron chi connectivity index (χ0n) is 5.42. The number of rotatable bonds is 3. The third-order valence-corrected chi connectivity index (χ3v) is 1.40. The molecule has 0 aliphatic rings. The Balaban J connectivity index is 4.09. The number of nitrogens with two attached hydrogens (primary N) is 2. The molecular weight excluding hydrogens is 120 g/mol. The van der Waals surface area contributed by atoms with E-state index in [0.717, 1.165) is 0 Å². The van der Waals surface area contributed by atoms with E-state index in [-0.39, 0.29) is 0 Å². The van der Waals surface area contributed by atoms with Crippen molar-refractivity contribution in [2.75, 3.05) is 6.61 Å². The van der Waals surface area contributed by atoms with Gasteiger partial charge in [-0.25, -0.2) is 0 Å². The third kappa shape index (κ3) is 1.65. The number of hydrogen-bond acceptors (Lipinski definition) is 3. The average Bonchev–Trinajstić information content (AvgIpc) is 1.86. The molecule has 0 saturated heterocycles. The van der Waals surface area contributed by atoms with Crippen molar-refractivity contribution in [3.05, 3.63) is 0 Å². The summed E-state index contributed by atoms with van der Waals surface area (Å²) in [5.41, 5.74) is 8.96. The van der Waals surface area contributed by atoms with Crippen molar-refractivity contribution in [3.63, 3.8) is 0 Å². The van der Waals surface area contributed by atoms with E-state index in [0.29, 0.717) is 6.42 Å². The topological polar surface area (TPSA) is 89.3 Å². The van der Waals surface area contributed by atoms with Gasteiger partial charge in [0.15, 0.2) is 0 Å². The summed E-state index contributed by atoms with van der Waals surface area (Å²) in [6.45, 7) is 1.31. The number of carbonyl (C=O) groups excluding carboxylic acids is 1. The summed E-state index contributed by atoms with van der Waals surface area (Å²) >= 11 is 0. The summed E-state index contributed by atoms with van der Waals surface area (Å²) in [5, 5.41) is 8.53. The second kappa shape index (κ2) is 2.80. The molecule has 54 valence electrons. The standard InChI is InChI=1S/C5H12N2O2/c1-2-5(7,3-8)4(6)9/h8H,2-3,7H2,1H3,(H2,6,9). The van der Waals surface area contributed by atoms with Crippen LogP contribution in [-0.4, -0.2) is 23.2 Å². The van der Waals surface area contributed by atoms with E-state index in [2.05, 4.69) is 0 Å². The Morgan fingerprint density at radius 2 is 2.22 bits per heavy atom. The summed E-state index contributed by atoms with van der Waals surface area (Å²) < 4.78 is 0. The number of aliphatic hydroxyl groups is 1. The van der Waals surface area contributed by atoms with Gasteiger partial charge in [-0.15, -0.1) is 0 Å². The monoisotopic (exact) mass is 132 g/mol. The van der Waals surface area contributed by atoms with Crippen LogP contribution in [0.3, 0.4) is 0 Å². The minimum absolute atomic E-state index is 0.360. The molecule has 0 aliphatic carbocycles. The van der Waals surface area contributed by atoms with Crippen LogP contribution in [0.5, 0.6) is 0 Å². The number of amides is 1. The Labute approximate surface area is 53.8 Å². The van der Waals surface area contributed by atoms with Crippen molar-refractivity contribution >= 4 is 5.91 Å². The first kappa shape index (κ1) is 8.39. The quantitative estimate of drug-likeness (QED) is 0.440. The second-order valence-corrected chi connectivity index (χ2v) is 2.03. The van der Waals surface area contributed by atoms with Crippen LogP contribution in [0, 0.1) is 0 Å². The maximum absolute atomic E-state index is 10.4. The van der Waals surface area contributed by atoms with Crippen LogP contribution in [0.15, 0.2) is 0 Å². The molecule has 4 heteroatoms. The largest absolute Gasteiger partial charge is 0.394 e. The van der Waals surface area contributed by atoms with Crippen LogP contribution in [0.1, 0.15) is 13.3 Å². The lowest BCUT2D eigenvalue weighted by atomic mass is 9.98. The van der Waals surface area contributed by atoms with Gasteiger partial charge in [-0.05, 0) is 6.42 Å². The lowest BCUT2D eigenvalue weighted by Gasteiger charge is -2.20. The van der Waals surface area contributed by atoms with Gasteiger partial charge >= 0.3 is 0 Å². The first-order valence-corrected chi connectivity index (χ1v) is 2.76. The molecule has 0 saturated carbocycles. The predicted octanol–water partition coefficient (Wildman–Crippen LogP) is -1.43. The molecule has 0 rings (SSSR count). The van der Waals surface area contributed by atoms with Gasteiger partial charge in [0.2, 0.25) is 5.91 Å². The zero-order valence-corrected chi connectivity index (χ0v) is 5.42. The molecule has 9 heavy (non-hydrogen) atoms. The number of hydrogen-bond donors (Lipinski definition) is 3. The molecule has 0 heterocycles. The van der Waals surface area contributed by atoms with Crippen molar-refractivity contribution in [3.8, 4) is 0 Å². The number of primary amides is 1.